The van der Waals surface area contributed by atoms with Crippen LogP contribution in [0, 0.1) is 96.9 Å². The summed E-state index contributed by atoms with van der Waals surface area (Å²) < 4.78 is 11.4. The Morgan fingerprint density at radius 1 is 0.320 bits per heavy atom. The summed E-state index contributed by atoms with van der Waals surface area (Å²) in [5.74, 6) is 3.41. The molecule has 0 atom stereocenters. The Morgan fingerprint density at radius 2 is 0.660 bits per heavy atom. The van der Waals surface area contributed by atoms with E-state index < -0.39 is 0 Å². The Bertz CT molecular complexity index is 4450. The number of nitrogens with zero attached hydrogens (tertiary/aromatic N) is 5. The molecule has 2 saturated carbocycles. The van der Waals surface area contributed by atoms with Crippen molar-refractivity contribution in [3.8, 4) is 56.3 Å². The molecule has 12 rings (SSSR count). The molecule has 0 unspecified atom stereocenters. The average Bonchev–Trinajstić information content (AvgIpc) is 1.32. The van der Waals surface area contributed by atoms with E-state index in [4.69, 9.17) is 0 Å². The zero-order valence-corrected chi connectivity index (χ0v) is 69.0. The number of benzene rings is 5. The van der Waals surface area contributed by atoms with E-state index in [1.165, 1.54) is 227 Å². The van der Waals surface area contributed by atoms with Crippen LogP contribution in [0.3, 0.4) is 0 Å². The lowest BCUT2D eigenvalue weighted by molar-refractivity contribution is -0.667. The summed E-state index contributed by atoms with van der Waals surface area (Å²) >= 11 is 0. The van der Waals surface area contributed by atoms with E-state index in [1.54, 1.807) is 11.1 Å². The maximum Gasteiger partial charge on any atom is 0.212 e. The van der Waals surface area contributed by atoms with Gasteiger partial charge in [-0.2, -0.15) is 13.7 Å². The zero-order valence-electron chi connectivity index (χ0n) is 69.0. The van der Waals surface area contributed by atoms with Crippen LogP contribution in [0.1, 0.15) is 260 Å². The molecule has 2 fully saturated rings. The van der Waals surface area contributed by atoms with Crippen molar-refractivity contribution in [3.05, 3.63) is 264 Å². The lowest BCUT2D eigenvalue weighted by Gasteiger charge is -2.22. The fourth-order valence-electron chi connectivity index (χ4n) is 16.2. The average molecular weight is 1380 g/mol. The molecule has 5 nitrogen and oxygen atoms in total. The van der Waals surface area contributed by atoms with Crippen molar-refractivity contribution in [1.82, 2.24) is 0 Å². The predicted molar refractivity (Wildman–Crippen MR) is 440 cm³/mol. The second-order valence-corrected chi connectivity index (χ2v) is 31.6. The van der Waals surface area contributed by atoms with Crippen LogP contribution in [0.25, 0.3) is 56.3 Å². The standard InChI is InChI=1S/C21H28N.C20H26N.C20H28N.C19H26N.C18H24N/c1-15-10-13-21(22(4)17(15)3)20-12-11-19(14-16(20)2)18-8-6-5-7-9-18;1-14-9-12-20(21(4)16(14)3)19-11-10-18(13-15(19)2)17-7-5-6-8-17;1-7-17(8-2)18-10-11-19(15(4)13-18)20-12-9-14(3)16(5)21(20)6;1-7-16-8-9-17(14(4)10-16)19-11-15(5)18(13(2)3)12-20(19)6;1-12(2)17-11-19(6)18(10-15(17)5)16-8-7-13(3)9-14(16)4/h10-14,18H,5-9H2,1-4H3;9-13,17H,5-8H2,1-4H3;9-13,17H,7-8H2,1-6H3;8-13H,7H2,1-6H3;7-12H,1-6H3/q5*+1. The van der Waals surface area contributed by atoms with Gasteiger partial charge in [-0.1, -0.05) is 147 Å². The molecule has 10 aromatic rings. The third-order valence-electron chi connectivity index (χ3n) is 23.6. The van der Waals surface area contributed by atoms with Gasteiger partial charge >= 0.3 is 0 Å². The van der Waals surface area contributed by atoms with Gasteiger partial charge in [-0.05, 0) is 260 Å². The molecule has 5 aromatic carbocycles. The van der Waals surface area contributed by atoms with Crippen molar-refractivity contribution in [2.75, 3.05) is 0 Å². The minimum Gasteiger partial charge on any atom is -0.201 e. The molecule has 0 saturated heterocycles. The van der Waals surface area contributed by atoms with Crippen molar-refractivity contribution in [2.24, 2.45) is 35.2 Å². The van der Waals surface area contributed by atoms with Crippen molar-refractivity contribution in [2.45, 2.75) is 252 Å². The normalized spacial score (nSPS) is 13.1. The maximum atomic E-state index is 2.43. The van der Waals surface area contributed by atoms with Crippen molar-refractivity contribution >= 4 is 0 Å². The minimum atomic E-state index is 0.568. The van der Waals surface area contributed by atoms with Gasteiger partial charge in [-0.25, -0.2) is 9.13 Å². The largest absolute Gasteiger partial charge is 0.212 e. The highest BCUT2D eigenvalue weighted by molar-refractivity contribution is 5.66. The number of aryl methyl sites for hydroxylation is 14. The second-order valence-electron chi connectivity index (χ2n) is 31.6. The van der Waals surface area contributed by atoms with E-state index in [-0.39, 0.29) is 0 Å². The summed E-state index contributed by atoms with van der Waals surface area (Å²) in [6.07, 6.45) is 20.6. The molecule has 5 heteroatoms. The SMILES string of the molecule is CCC(CC)c1ccc(-c2ccc(C)c(C)[n+]2C)c(C)c1.CCc1ccc(-c2cc(C)c(C(C)C)c[n+]2C)c(C)c1.Cc1cc(C2CCCC2)ccc1-c1ccc(C)c(C)[n+]1C.Cc1cc(C2CCCCC2)ccc1-c1ccc(C)c(C)[n+]1C.Cc1ccc(-c2cc(C)c(C(C)C)c[n+]2C)c(C)c1. The molecule has 0 N–H and O–H groups in total. The Hall–Kier alpha value is -8.15. The molecule has 2 aliphatic rings. The highest BCUT2D eigenvalue weighted by Gasteiger charge is 2.25. The van der Waals surface area contributed by atoms with Crippen LogP contribution >= 0.6 is 0 Å². The van der Waals surface area contributed by atoms with Crippen LogP contribution in [-0.2, 0) is 41.7 Å². The van der Waals surface area contributed by atoms with Gasteiger partial charge in [0.25, 0.3) is 0 Å². The van der Waals surface area contributed by atoms with E-state index in [9.17, 15) is 0 Å². The van der Waals surface area contributed by atoms with Gasteiger partial charge in [0.1, 0.15) is 35.2 Å². The number of rotatable bonds is 13. The van der Waals surface area contributed by atoms with E-state index in [0.29, 0.717) is 17.8 Å². The highest BCUT2D eigenvalue weighted by atomic mass is 15.0. The van der Waals surface area contributed by atoms with Crippen LogP contribution in [-0.4, -0.2) is 0 Å². The quantitative estimate of drug-likeness (QED) is 0.103. The molecule has 0 radical (unpaired) electrons. The fraction of sp³-hybridized carbons (Fsp3) is 0.439. The molecule has 0 spiro atoms. The van der Waals surface area contributed by atoms with E-state index >= 15 is 0 Å². The fourth-order valence-corrected chi connectivity index (χ4v) is 16.2. The monoisotopic (exact) mass is 1380 g/mol. The molecule has 544 valence electrons. The first kappa shape index (κ1) is 80.5. The number of aromatic nitrogens is 5. The topological polar surface area (TPSA) is 19.4 Å². The first-order valence-corrected chi connectivity index (χ1v) is 39.4. The summed E-state index contributed by atoms with van der Waals surface area (Å²) in [6.45, 7) is 46.6. The number of hydrogen-bond donors (Lipinski definition) is 0. The Labute approximate surface area is 626 Å². The summed E-state index contributed by atoms with van der Waals surface area (Å²) in [5, 5.41) is 0. The summed E-state index contributed by atoms with van der Waals surface area (Å²) in [4.78, 5) is 0. The summed E-state index contributed by atoms with van der Waals surface area (Å²) in [7, 11) is 10.8. The Morgan fingerprint density at radius 3 is 1.01 bits per heavy atom. The van der Waals surface area contributed by atoms with Crippen molar-refractivity contribution < 1.29 is 22.8 Å². The smallest absolute Gasteiger partial charge is 0.201 e. The van der Waals surface area contributed by atoms with Crippen molar-refractivity contribution in [1.29, 1.82) is 0 Å². The number of pyridine rings is 5. The van der Waals surface area contributed by atoms with Gasteiger partial charge in [0.15, 0.2) is 29.5 Å². The molecule has 2 aliphatic carbocycles. The third kappa shape index (κ3) is 19.6. The van der Waals surface area contributed by atoms with Gasteiger partial charge in [0, 0.05) is 107 Å². The molecule has 0 aliphatic heterocycles. The Kier molecular flexibility index (Phi) is 28.6. The number of hydrogen-bond acceptors (Lipinski definition) is 0. The second kappa shape index (κ2) is 36.5. The van der Waals surface area contributed by atoms with Crippen molar-refractivity contribution in [3.63, 3.8) is 0 Å². The van der Waals surface area contributed by atoms with Crippen LogP contribution in [0.2, 0.25) is 0 Å². The van der Waals surface area contributed by atoms with Crippen LogP contribution in [0.15, 0.2) is 152 Å². The van der Waals surface area contributed by atoms with E-state index in [0.717, 1.165) is 18.3 Å². The predicted octanol–water partition coefficient (Wildman–Crippen LogP) is 23.6. The van der Waals surface area contributed by atoms with Gasteiger partial charge in [-0.15, -0.1) is 0 Å². The van der Waals surface area contributed by atoms with E-state index in [2.05, 4.69) is 355 Å². The lowest BCUT2D eigenvalue weighted by Crippen LogP contribution is -2.35. The van der Waals surface area contributed by atoms with Gasteiger partial charge in [-0.3, -0.25) is 0 Å². The van der Waals surface area contributed by atoms with Crippen LogP contribution in [0.4, 0.5) is 0 Å². The van der Waals surface area contributed by atoms with E-state index in [1.807, 2.05) is 0 Å². The minimum absolute atomic E-state index is 0.568. The summed E-state index contributed by atoms with van der Waals surface area (Å²) in [5.41, 5.74) is 41.1. The molecule has 0 bridgehead atoms. The molecular formula is C98H132N5+5. The van der Waals surface area contributed by atoms with Crippen LogP contribution < -0.4 is 22.8 Å². The van der Waals surface area contributed by atoms with Gasteiger partial charge in [0.2, 0.25) is 28.5 Å². The molecular weight excluding hydrogens is 1250 g/mol. The molecule has 0 amide bonds. The molecule has 5 aromatic heterocycles. The van der Waals surface area contributed by atoms with Crippen LogP contribution in [0.5, 0.6) is 0 Å². The Balaban J connectivity index is 0.000000163. The first-order chi connectivity index (χ1) is 49.0. The van der Waals surface area contributed by atoms with Gasteiger partial charge in [0.05, 0.1) is 0 Å². The lowest BCUT2D eigenvalue weighted by atomic mass is 9.83. The van der Waals surface area contributed by atoms with Gasteiger partial charge < -0.3 is 0 Å². The third-order valence-corrected chi connectivity index (χ3v) is 23.6. The zero-order chi connectivity index (χ0) is 75.3. The summed E-state index contributed by atoms with van der Waals surface area (Å²) in [6, 6.07) is 52.8. The molecule has 5 heterocycles. The maximum absolute atomic E-state index is 2.43. The molecule has 103 heavy (non-hydrogen) atoms. The highest BCUT2D eigenvalue weighted by Crippen LogP contribution is 2.38. The first-order valence-electron chi connectivity index (χ1n) is 39.4.